The van der Waals surface area contributed by atoms with Crippen LogP contribution in [0.15, 0.2) is 30.5 Å². The highest BCUT2D eigenvalue weighted by atomic mass is 32.2. The number of rotatable bonds is 12. The molecule has 1 fully saturated rings. The van der Waals surface area contributed by atoms with E-state index < -0.39 is 34.9 Å². The number of hydrogen-bond donors (Lipinski definition) is 3. The van der Waals surface area contributed by atoms with Crippen molar-refractivity contribution >= 4 is 35.4 Å². The summed E-state index contributed by atoms with van der Waals surface area (Å²) in [6.07, 6.45) is 1.22. The maximum Gasteiger partial charge on any atom is 0.328 e. The molecule has 1 unspecified atom stereocenters. The summed E-state index contributed by atoms with van der Waals surface area (Å²) < 4.78 is 45.7. The average Bonchev–Trinajstić information content (AvgIpc) is 3.40. The van der Waals surface area contributed by atoms with Gasteiger partial charge in [-0.1, -0.05) is 19.9 Å². The number of nitrogens with two attached hydrogens (primary N) is 1. The highest BCUT2D eigenvalue weighted by Gasteiger charge is 2.35. The third-order valence-electron chi connectivity index (χ3n) is 6.25. The van der Waals surface area contributed by atoms with Crippen molar-refractivity contribution in [3.63, 3.8) is 0 Å². The number of carbonyl (C=O) groups excluding carboxylic acids is 3. The first-order chi connectivity index (χ1) is 19.0. The molecule has 1 aliphatic rings. The Morgan fingerprint density at radius 3 is 2.55 bits per heavy atom. The quantitative estimate of drug-likeness (QED) is 0.258. The molecule has 218 valence electrons. The van der Waals surface area contributed by atoms with Gasteiger partial charge in [-0.2, -0.15) is 0 Å². The normalized spacial score (nSPS) is 16.5. The molecule has 0 bridgehead atoms. The number of benzene rings is 1. The Bertz CT molecular complexity index is 1200. The predicted molar refractivity (Wildman–Crippen MR) is 146 cm³/mol. The van der Waals surface area contributed by atoms with Crippen LogP contribution in [0.5, 0.6) is 0 Å². The smallest absolute Gasteiger partial charge is 0.328 e. The first kappa shape index (κ1) is 31.2. The van der Waals surface area contributed by atoms with E-state index in [1.807, 2.05) is 13.8 Å². The lowest BCUT2D eigenvalue weighted by Crippen LogP contribution is -2.46. The van der Waals surface area contributed by atoms with Gasteiger partial charge in [-0.15, -0.1) is 11.8 Å². The molecule has 1 aliphatic heterocycles. The van der Waals surface area contributed by atoms with Gasteiger partial charge in [-0.25, -0.2) is 22.9 Å². The Labute approximate surface area is 235 Å². The number of pyridine rings is 1. The molecule has 1 aromatic heterocycles. The number of ether oxygens (including phenoxy) is 1. The summed E-state index contributed by atoms with van der Waals surface area (Å²) in [6, 6.07) is 3.25. The summed E-state index contributed by atoms with van der Waals surface area (Å²) >= 11 is 1.31. The van der Waals surface area contributed by atoms with Gasteiger partial charge in [-0.3, -0.25) is 9.59 Å². The van der Waals surface area contributed by atoms with Crippen LogP contribution in [-0.4, -0.2) is 64.0 Å². The number of anilines is 1. The number of amides is 2. The second kappa shape index (κ2) is 14.4. The van der Waals surface area contributed by atoms with Crippen molar-refractivity contribution in [3.05, 3.63) is 59.0 Å². The van der Waals surface area contributed by atoms with Gasteiger partial charge in [0.15, 0.2) is 17.0 Å². The topological polar surface area (TPSA) is 127 Å². The van der Waals surface area contributed by atoms with Crippen LogP contribution in [0.3, 0.4) is 0 Å². The number of carbonyl (C=O) groups is 3. The van der Waals surface area contributed by atoms with Crippen molar-refractivity contribution in [1.29, 1.82) is 0 Å². The molecule has 2 amide bonds. The Hall–Kier alpha value is -3.32. The SMILES string of the molecule is CCOC(=O)[C@@H](Nc1ccc(CNC(=O)[C@@H]2SCCN2C(=O)CC(N)Cc2cc(F)c(F)cc2F)cn1)C(C)C. The molecular formula is C27H34F3N5O4S. The van der Waals surface area contributed by atoms with Gasteiger partial charge in [0.05, 0.1) is 6.61 Å². The molecule has 40 heavy (non-hydrogen) atoms. The van der Waals surface area contributed by atoms with Crippen LogP contribution in [0.25, 0.3) is 0 Å². The van der Waals surface area contributed by atoms with Crippen molar-refractivity contribution < 1.29 is 32.3 Å². The summed E-state index contributed by atoms with van der Waals surface area (Å²) in [5.74, 6) is -3.52. The minimum atomic E-state index is -1.30. The van der Waals surface area contributed by atoms with E-state index in [1.54, 1.807) is 25.3 Å². The average molecular weight is 582 g/mol. The van der Waals surface area contributed by atoms with E-state index in [2.05, 4.69) is 15.6 Å². The fraction of sp³-hybridized carbons (Fsp3) is 0.481. The van der Waals surface area contributed by atoms with Gasteiger partial charge in [0.2, 0.25) is 5.91 Å². The van der Waals surface area contributed by atoms with Crippen molar-refractivity contribution in [3.8, 4) is 0 Å². The third kappa shape index (κ3) is 8.34. The van der Waals surface area contributed by atoms with Crippen molar-refractivity contribution in [2.45, 2.75) is 57.6 Å². The number of nitrogens with one attached hydrogen (secondary N) is 2. The number of hydrogen-bond acceptors (Lipinski definition) is 8. The fourth-order valence-electron chi connectivity index (χ4n) is 4.14. The lowest BCUT2D eigenvalue weighted by atomic mass is 10.0. The molecule has 13 heteroatoms. The van der Waals surface area contributed by atoms with Crippen LogP contribution in [0, 0.1) is 23.4 Å². The first-order valence-corrected chi connectivity index (χ1v) is 14.0. The molecule has 2 aromatic rings. The summed E-state index contributed by atoms with van der Waals surface area (Å²) in [7, 11) is 0. The zero-order valence-electron chi connectivity index (χ0n) is 22.6. The van der Waals surface area contributed by atoms with Gasteiger partial charge >= 0.3 is 5.97 Å². The van der Waals surface area contributed by atoms with Crippen LogP contribution in [-0.2, 0) is 32.1 Å². The van der Waals surface area contributed by atoms with E-state index in [-0.39, 0.29) is 55.3 Å². The Morgan fingerprint density at radius 1 is 1.18 bits per heavy atom. The largest absolute Gasteiger partial charge is 0.464 e. The van der Waals surface area contributed by atoms with E-state index >= 15 is 0 Å². The zero-order valence-corrected chi connectivity index (χ0v) is 23.4. The highest BCUT2D eigenvalue weighted by molar-refractivity contribution is 8.00. The van der Waals surface area contributed by atoms with Crippen molar-refractivity contribution in [2.24, 2.45) is 11.7 Å². The maximum absolute atomic E-state index is 14.0. The standard InChI is InChI=1S/C27H34F3N5O4S/c1-4-39-27(38)24(15(2)3)34-22-6-5-16(13-32-22)14-33-25(37)26-35(7-8-40-26)23(36)11-18(31)9-17-10-20(29)21(30)12-19(17)28/h5-6,10,12-13,15,18,24,26H,4,7-9,11,14,31H2,1-3H3,(H,32,34)(H,33,37)/t18?,24-,26-/m0/s1. The molecule has 1 aromatic carbocycles. The Kier molecular flexibility index (Phi) is 11.2. The summed E-state index contributed by atoms with van der Waals surface area (Å²) in [5.41, 5.74) is 6.59. The molecule has 0 saturated carbocycles. The highest BCUT2D eigenvalue weighted by Crippen LogP contribution is 2.25. The van der Waals surface area contributed by atoms with E-state index in [9.17, 15) is 27.6 Å². The van der Waals surface area contributed by atoms with Gasteiger partial charge in [0, 0.05) is 43.6 Å². The maximum atomic E-state index is 14.0. The minimum absolute atomic E-state index is 0.0176. The van der Waals surface area contributed by atoms with Crippen LogP contribution < -0.4 is 16.4 Å². The van der Waals surface area contributed by atoms with Crippen molar-refractivity contribution in [2.75, 3.05) is 24.2 Å². The van der Waals surface area contributed by atoms with Crippen molar-refractivity contribution in [1.82, 2.24) is 15.2 Å². The van der Waals surface area contributed by atoms with Gasteiger partial charge in [0.25, 0.3) is 5.91 Å². The third-order valence-corrected chi connectivity index (χ3v) is 7.45. The second-order valence-electron chi connectivity index (χ2n) is 9.72. The van der Waals surface area contributed by atoms with Gasteiger partial charge < -0.3 is 26.0 Å². The number of thioether (sulfide) groups is 1. The number of aromatic nitrogens is 1. The molecule has 3 rings (SSSR count). The first-order valence-electron chi connectivity index (χ1n) is 13.0. The molecule has 0 radical (unpaired) electrons. The van der Waals surface area contributed by atoms with E-state index in [1.165, 1.54) is 16.7 Å². The van der Waals surface area contributed by atoms with E-state index in [0.29, 0.717) is 29.7 Å². The number of halogens is 3. The zero-order chi connectivity index (χ0) is 29.4. The summed E-state index contributed by atoms with van der Waals surface area (Å²) in [5, 5.41) is 5.12. The number of nitrogens with zero attached hydrogens (tertiary/aromatic N) is 2. The molecule has 1 saturated heterocycles. The molecule has 9 nitrogen and oxygen atoms in total. The Balaban J connectivity index is 1.52. The minimum Gasteiger partial charge on any atom is -0.464 e. The molecular weight excluding hydrogens is 547 g/mol. The van der Waals surface area contributed by atoms with Crippen LogP contribution in [0.1, 0.15) is 38.3 Å². The molecule has 0 spiro atoms. The molecule has 3 atom stereocenters. The number of esters is 1. The molecule has 2 heterocycles. The Morgan fingerprint density at radius 2 is 1.90 bits per heavy atom. The summed E-state index contributed by atoms with van der Waals surface area (Å²) in [4.78, 5) is 43.7. The monoisotopic (exact) mass is 581 g/mol. The lowest BCUT2D eigenvalue weighted by Gasteiger charge is -2.24. The van der Waals surface area contributed by atoms with E-state index in [4.69, 9.17) is 10.5 Å². The predicted octanol–water partition coefficient (Wildman–Crippen LogP) is 2.98. The van der Waals surface area contributed by atoms with Gasteiger partial charge in [-0.05, 0) is 42.5 Å². The second-order valence-corrected chi connectivity index (χ2v) is 10.9. The molecule has 0 aliphatic carbocycles. The van der Waals surface area contributed by atoms with Crippen LogP contribution in [0.2, 0.25) is 0 Å². The summed E-state index contributed by atoms with van der Waals surface area (Å²) in [6.45, 7) is 6.33. The molecule has 4 N–H and O–H groups in total. The van der Waals surface area contributed by atoms with Crippen LogP contribution >= 0.6 is 11.8 Å². The lowest BCUT2D eigenvalue weighted by molar-refractivity contribution is -0.145. The van der Waals surface area contributed by atoms with E-state index in [0.717, 1.165) is 6.07 Å². The fourth-order valence-corrected chi connectivity index (χ4v) is 5.30. The van der Waals surface area contributed by atoms with Gasteiger partial charge in [0.1, 0.15) is 17.7 Å². The van der Waals surface area contributed by atoms with Crippen LogP contribution in [0.4, 0.5) is 19.0 Å².